The fourth-order valence-electron chi connectivity index (χ4n) is 2.29. The highest BCUT2D eigenvalue weighted by Crippen LogP contribution is 2.28. The number of esters is 2. The number of hydrogen-bond donors (Lipinski definition) is 0. The Balaban J connectivity index is 2.20. The molecule has 0 aromatic heterocycles. The summed E-state index contributed by atoms with van der Waals surface area (Å²) >= 11 is 0. The topological polar surface area (TPSA) is 52.6 Å². The summed E-state index contributed by atoms with van der Waals surface area (Å²) in [5, 5.41) is 0. The van der Waals surface area contributed by atoms with Crippen molar-refractivity contribution in [2.24, 2.45) is 0 Å². The van der Waals surface area contributed by atoms with Gasteiger partial charge in [0.2, 0.25) is 0 Å². The van der Waals surface area contributed by atoms with Crippen molar-refractivity contribution in [1.29, 1.82) is 0 Å². The van der Waals surface area contributed by atoms with Crippen LogP contribution in [0.4, 0.5) is 0 Å². The summed E-state index contributed by atoms with van der Waals surface area (Å²) in [6, 6.07) is 14.5. The van der Waals surface area contributed by atoms with Crippen molar-refractivity contribution < 1.29 is 19.1 Å². The Morgan fingerprint density at radius 3 is 1.27 bits per heavy atom. The van der Waals surface area contributed by atoms with E-state index in [1.54, 1.807) is 24.3 Å². The van der Waals surface area contributed by atoms with Gasteiger partial charge in [0.15, 0.2) is 0 Å². The van der Waals surface area contributed by atoms with Crippen LogP contribution >= 0.6 is 0 Å². The van der Waals surface area contributed by atoms with Crippen LogP contribution in [0.15, 0.2) is 73.8 Å². The van der Waals surface area contributed by atoms with E-state index in [0.717, 1.165) is 34.4 Å². The van der Waals surface area contributed by atoms with Crippen LogP contribution in [0.25, 0.3) is 11.1 Å². The van der Waals surface area contributed by atoms with Gasteiger partial charge in [-0.05, 0) is 60.4 Å². The maximum atomic E-state index is 11.2. The number of carbonyl (C=O) groups excluding carboxylic acids is 2. The highest BCUT2D eigenvalue weighted by atomic mass is 16.5. The summed E-state index contributed by atoms with van der Waals surface area (Å²) in [4.78, 5) is 22.4. The van der Waals surface area contributed by atoms with Crippen molar-refractivity contribution in [2.75, 3.05) is 0 Å². The summed E-state index contributed by atoms with van der Waals surface area (Å²) in [7, 11) is 0. The Hall–Kier alpha value is -3.40. The summed E-state index contributed by atoms with van der Waals surface area (Å²) in [5.74, 6) is -0.0353. The fourth-order valence-corrected chi connectivity index (χ4v) is 2.29. The summed E-state index contributed by atoms with van der Waals surface area (Å²) in [5.41, 5.74) is 4.20. The largest absolute Gasteiger partial charge is 0.423 e. The lowest BCUT2D eigenvalue weighted by Gasteiger charge is -2.10. The molecule has 2 aromatic rings. The van der Waals surface area contributed by atoms with Gasteiger partial charge in [-0.2, -0.15) is 0 Å². The Kier molecular flexibility index (Phi) is 6.28. The lowest BCUT2D eigenvalue weighted by atomic mass is 9.97. The average molecular weight is 348 g/mol. The zero-order valence-corrected chi connectivity index (χ0v) is 14.8. The second-order valence-corrected chi connectivity index (χ2v) is 5.55. The van der Waals surface area contributed by atoms with E-state index < -0.39 is 11.9 Å². The van der Waals surface area contributed by atoms with Crippen molar-refractivity contribution in [3.8, 4) is 11.5 Å². The third-order valence-corrected chi connectivity index (χ3v) is 3.91. The number of benzene rings is 2. The molecule has 0 saturated heterocycles. The summed E-state index contributed by atoms with van der Waals surface area (Å²) in [6.07, 6.45) is 2.25. The Morgan fingerprint density at radius 2 is 1.00 bits per heavy atom. The number of carbonyl (C=O) groups is 2. The van der Waals surface area contributed by atoms with Crippen LogP contribution in [0.1, 0.15) is 25.0 Å². The first-order chi connectivity index (χ1) is 12.4. The van der Waals surface area contributed by atoms with Crippen LogP contribution in [-0.4, -0.2) is 11.9 Å². The Bertz CT molecular complexity index is 783. The van der Waals surface area contributed by atoms with Crippen LogP contribution in [0, 0.1) is 0 Å². The normalized spacial score (nSPS) is 11.2. The van der Waals surface area contributed by atoms with Crippen molar-refractivity contribution in [2.45, 2.75) is 13.8 Å². The molecule has 2 aromatic carbocycles. The number of rotatable bonds is 6. The SMILES string of the molecule is C=CC(=O)Oc1ccc(C(C)=C(C)c2ccc(OC(=O)C=C)cc2)cc1. The van der Waals surface area contributed by atoms with Gasteiger partial charge in [0.25, 0.3) is 0 Å². The molecule has 26 heavy (non-hydrogen) atoms. The second-order valence-electron chi connectivity index (χ2n) is 5.55. The second kappa shape index (κ2) is 8.62. The molecule has 0 aliphatic carbocycles. The van der Waals surface area contributed by atoms with Gasteiger partial charge in [0.1, 0.15) is 11.5 Å². The molecule has 0 heterocycles. The summed E-state index contributed by atoms with van der Waals surface area (Å²) < 4.78 is 10.2. The third kappa shape index (κ3) is 4.80. The molecule has 0 aliphatic rings. The third-order valence-electron chi connectivity index (χ3n) is 3.91. The zero-order chi connectivity index (χ0) is 19.1. The maximum Gasteiger partial charge on any atom is 0.335 e. The highest BCUT2D eigenvalue weighted by molar-refractivity contribution is 5.89. The molecule has 0 spiro atoms. The molecule has 0 bridgehead atoms. The first-order valence-electron chi connectivity index (χ1n) is 8.01. The van der Waals surface area contributed by atoms with Crippen LogP contribution in [0.3, 0.4) is 0 Å². The van der Waals surface area contributed by atoms with Crippen LogP contribution in [0.2, 0.25) is 0 Å². The smallest absolute Gasteiger partial charge is 0.335 e. The predicted molar refractivity (Wildman–Crippen MR) is 103 cm³/mol. The fraction of sp³-hybridized carbons (Fsp3) is 0.0909. The first-order valence-corrected chi connectivity index (χ1v) is 8.01. The van der Waals surface area contributed by atoms with E-state index in [9.17, 15) is 9.59 Å². The molecule has 2 rings (SSSR count). The standard InChI is InChI=1S/C22H20O4/c1-5-21(23)25-19-11-7-17(8-12-19)15(3)16(4)18-9-13-20(14-10-18)26-22(24)6-2/h5-14H,1-2H2,3-4H3. The maximum absolute atomic E-state index is 11.2. The summed E-state index contributed by atoms with van der Waals surface area (Å²) in [6.45, 7) is 10.8. The molecule has 0 atom stereocenters. The zero-order valence-electron chi connectivity index (χ0n) is 14.8. The van der Waals surface area contributed by atoms with Gasteiger partial charge < -0.3 is 9.47 Å². The van der Waals surface area contributed by atoms with Gasteiger partial charge in [-0.25, -0.2) is 9.59 Å². The first kappa shape index (κ1) is 18.9. The molecule has 4 nitrogen and oxygen atoms in total. The lowest BCUT2D eigenvalue weighted by molar-refractivity contribution is -0.129. The Labute approximate surface area is 153 Å². The van der Waals surface area contributed by atoms with Crippen molar-refractivity contribution >= 4 is 23.1 Å². The number of hydrogen-bond acceptors (Lipinski definition) is 4. The average Bonchev–Trinajstić information content (AvgIpc) is 2.67. The highest BCUT2D eigenvalue weighted by Gasteiger charge is 2.06. The molecular formula is C22H20O4. The van der Waals surface area contributed by atoms with E-state index in [2.05, 4.69) is 13.2 Å². The molecule has 132 valence electrons. The number of ether oxygens (including phenoxy) is 2. The predicted octanol–water partition coefficient (Wildman–Crippen LogP) is 4.82. The van der Waals surface area contributed by atoms with Gasteiger partial charge in [0, 0.05) is 12.2 Å². The minimum absolute atomic E-state index is 0.470. The van der Waals surface area contributed by atoms with Crippen LogP contribution < -0.4 is 9.47 Å². The van der Waals surface area contributed by atoms with E-state index >= 15 is 0 Å². The van der Waals surface area contributed by atoms with E-state index in [1.807, 2.05) is 38.1 Å². The van der Waals surface area contributed by atoms with Gasteiger partial charge in [-0.15, -0.1) is 0 Å². The molecule has 0 fully saturated rings. The van der Waals surface area contributed by atoms with Gasteiger partial charge in [0.05, 0.1) is 0 Å². The van der Waals surface area contributed by atoms with Gasteiger partial charge >= 0.3 is 11.9 Å². The van der Waals surface area contributed by atoms with Gasteiger partial charge in [-0.3, -0.25) is 0 Å². The van der Waals surface area contributed by atoms with Crippen LogP contribution in [-0.2, 0) is 9.59 Å². The molecular weight excluding hydrogens is 328 g/mol. The minimum atomic E-state index is -0.488. The number of allylic oxidation sites excluding steroid dienone is 2. The molecule has 0 aliphatic heterocycles. The van der Waals surface area contributed by atoms with Crippen LogP contribution in [0.5, 0.6) is 11.5 Å². The minimum Gasteiger partial charge on any atom is -0.423 e. The monoisotopic (exact) mass is 348 g/mol. The molecule has 0 saturated carbocycles. The van der Waals surface area contributed by atoms with E-state index in [0.29, 0.717) is 11.5 Å². The van der Waals surface area contributed by atoms with Gasteiger partial charge in [-0.1, -0.05) is 37.4 Å². The molecule has 4 heteroatoms. The molecule has 0 N–H and O–H groups in total. The Morgan fingerprint density at radius 1 is 0.692 bits per heavy atom. The quantitative estimate of drug-likeness (QED) is 0.325. The van der Waals surface area contributed by atoms with Crippen molar-refractivity contribution in [1.82, 2.24) is 0 Å². The van der Waals surface area contributed by atoms with Crippen molar-refractivity contribution in [3.63, 3.8) is 0 Å². The molecule has 0 radical (unpaired) electrons. The van der Waals surface area contributed by atoms with Crippen molar-refractivity contribution in [3.05, 3.63) is 85.0 Å². The molecule has 0 amide bonds. The lowest BCUT2D eigenvalue weighted by Crippen LogP contribution is -2.03. The molecule has 0 unspecified atom stereocenters. The van der Waals surface area contributed by atoms with E-state index in [4.69, 9.17) is 9.47 Å². The van der Waals surface area contributed by atoms with E-state index in [-0.39, 0.29) is 0 Å². The van der Waals surface area contributed by atoms with E-state index in [1.165, 1.54) is 0 Å².